The van der Waals surface area contributed by atoms with Crippen LogP contribution in [-0.2, 0) is 6.42 Å². The van der Waals surface area contributed by atoms with E-state index in [9.17, 15) is 9.18 Å². The number of benzene rings is 2. The first-order valence-electron chi connectivity index (χ1n) is 12.2. The van der Waals surface area contributed by atoms with Crippen LogP contribution < -0.4 is 4.90 Å². The highest BCUT2D eigenvalue weighted by Crippen LogP contribution is 2.30. The van der Waals surface area contributed by atoms with E-state index in [1.54, 1.807) is 24.4 Å². The second-order valence-electron chi connectivity index (χ2n) is 9.13. The fraction of sp³-hybridized carbons (Fsp3) is 0.310. The molecule has 2 aliphatic heterocycles. The van der Waals surface area contributed by atoms with E-state index in [0.717, 1.165) is 42.8 Å². The van der Waals surface area contributed by atoms with Crippen molar-refractivity contribution in [3.05, 3.63) is 89.4 Å². The van der Waals surface area contributed by atoms with Gasteiger partial charge in [0.1, 0.15) is 5.82 Å². The van der Waals surface area contributed by atoms with Crippen LogP contribution in [0.2, 0.25) is 0 Å². The molecule has 0 N–H and O–H groups in total. The van der Waals surface area contributed by atoms with Crippen molar-refractivity contribution >= 4 is 17.7 Å². The van der Waals surface area contributed by atoms with Gasteiger partial charge in [-0.25, -0.2) is 4.39 Å². The van der Waals surface area contributed by atoms with Crippen LogP contribution in [0.15, 0.2) is 66.9 Å². The number of carbonyl (C=O) groups is 1. The van der Waals surface area contributed by atoms with Crippen LogP contribution in [0.25, 0.3) is 17.3 Å². The highest BCUT2D eigenvalue weighted by atomic mass is 19.1. The molecule has 0 spiro atoms. The number of fused-ring (bicyclic) bond motifs is 1. The molecule has 1 amide bonds. The minimum atomic E-state index is -0.278. The minimum Gasteiger partial charge on any atom is -0.308 e. The Morgan fingerprint density at radius 2 is 1.79 bits per heavy atom. The summed E-state index contributed by atoms with van der Waals surface area (Å²) in [6.07, 6.45) is 11.7. The predicted molar refractivity (Wildman–Crippen MR) is 135 cm³/mol. The van der Waals surface area contributed by atoms with Crippen molar-refractivity contribution in [2.24, 2.45) is 0 Å². The smallest absolute Gasteiger partial charge is 0.259 e. The molecule has 1 aromatic heterocycles. The minimum absolute atomic E-state index is 0.0342. The summed E-state index contributed by atoms with van der Waals surface area (Å²) < 4.78 is 13.2. The lowest BCUT2D eigenvalue weighted by atomic mass is 9.98. The Kier molecular flexibility index (Phi) is 6.82. The number of nitrogens with zero attached hydrogens (tertiary/aromatic N) is 3. The first-order valence-corrected chi connectivity index (χ1v) is 12.2. The third kappa shape index (κ3) is 5.10. The molecule has 1 saturated heterocycles. The molecule has 5 rings (SSSR count). The summed E-state index contributed by atoms with van der Waals surface area (Å²) in [5, 5.41) is 0. The second kappa shape index (κ2) is 10.3. The molecule has 0 saturated carbocycles. The number of anilines is 1. The molecule has 5 heteroatoms. The summed E-state index contributed by atoms with van der Waals surface area (Å²) in [6.45, 7) is 4.32. The van der Waals surface area contributed by atoms with Gasteiger partial charge in [0, 0.05) is 30.5 Å². The summed E-state index contributed by atoms with van der Waals surface area (Å²) >= 11 is 0. The van der Waals surface area contributed by atoms with E-state index in [2.05, 4.69) is 40.2 Å². The number of halogens is 1. The van der Waals surface area contributed by atoms with Crippen molar-refractivity contribution in [2.75, 3.05) is 31.1 Å². The number of hydrogen-bond donors (Lipinski definition) is 0. The van der Waals surface area contributed by atoms with Gasteiger partial charge in [0.25, 0.3) is 5.91 Å². The van der Waals surface area contributed by atoms with E-state index >= 15 is 0 Å². The zero-order valence-corrected chi connectivity index (χ0v) is 19.4. The number of hydrogen-bond acceptors (Lipinski definition) is 3. The molecule has 3 aromatic rings. The normalized spacial score (nSPS) is 16.2. The molecule has 34 heavy (non-hydrogen) atoms. The van der Waals surface area contributed by atoms with E-state index in [4.69, 9.17) is 0 Å². The number of likely N-dealkylation sites (tertiary alicyclic amines) is 1. The Labute approximate surface area is 200 Å². The van der Waals surface area contributed by atoms with Crippen molar-refractivity contribution in [1.82, 2.24) is 9.88 Å². The molecule has 0 unspecified atom stereocenters. The zero-order valence-electron chi connectivity index (χ0n) is 19.4. The number of carbonyl (C=O) groups excluding carboxylic acids is 1. The molecule has 1 fully saturated rings. The van der Waals surface area contributed by atoms with Crippen LogP contribution in [0, 0.1) is 5.82 Å². The molecule has 2 aromatic carbocycles. The number of rotatable bonds is 6. The fourth-order valence-electron chi connectivity index (χ4n) is 4.88. The van der Waals surface area contributed by atoms with Crippen LogP contribution in [-0.4, -0.2) is 42.0 Å². The SMILES string of the molecule is O=C(c1ccc(-c2ccc(F)cc2)nc1)N1CCCc2cc(/C=C/CCN3CCCC3)ccc21. The van der Waals surface area contributed by atoms with E-state index in [1.165, 1.54) is 49.2 Å². The highest BCUT2D eigenvalue weighted by Gasteiger charge is 2.24. The van der Waals surface area contributed by atoms with Crippen molar-refractivity contribution in [2.45, 2.75) is 32.1 Å². The molecule has 174 valence electrons. The topological polar surface area (TPSA) is 36.4 Å². The van der Waals surface area contributed by atoms with E-state index in [0.29, 0.717) is 12.1 Å². The average Bonchev–Trinajstić information content (AvgIpc) is 3.40. The maximum atomic E-state index is 13.3. The average molecular weight is 456 g/mol. The second-order valence-corrected chi connectivity index (χ2v) is 9.13. The first-order chi connectivity index (χ1) is 16.7. The fourth-order valence-corrected chi connectivity index (χ4v) is 4.88. The van der Waals surface area contributed by atoms with Crippen LogP contribution in [0.5, 0.6) is 0 Å². The molecule has 0 radical (unpaired) electrons. The van der Waals surface area contributed by atoms with E-state index in [-0.39, 0.29) is 11.7 Å². The molecule has 4 nitrogen and oxygen atoms in total. The van der Waals surface area contributed by atoms with Gasteiger partial charge in [-0.15, -0.1) is 0 Å². The van der Waals surface area contributed by atoms with Crippen molar-refractivity contribution < 1.29 is 9.18 Å². The lowest BCUT2D eigenvalue weighted by Crippen LogP contribution is -2.35. The molecule has 2 aliphatic rings. The molecule has 0 bridgehead atoms. The Morgan fingerprint density at radius 3 is 2.56 bits per heavy atom. The summed E-state index contributed by atoms with van der Waals surface area (Å²) in [4.78, 5) is 22.1. The van der Waals surface area contributed by atoms with Gasteiger partial charge in [-0.3, -0.25) is 9.78 Å². The Bertz CT molecular complexity index is 1160. The summed E-state index contributed by atoms with van der Waals surface area (Å²) in [5.41, 5.74) is 5.51. The lowest BCUT2D eigenvalue weighted by Gasteiger charge is -2.30. The largest absolute Gasteiger partial charge is 0.308 e. The molecule has 0 aliphatic carbocycles. The maximum absolute atomic E-state index is 13.3. The van der Waals surface area contributed by atoms with Gasteiger partial charge in [-0.1, -0.05) is 18.2 Å². The summed E-state index contributed by atoms with van der Waals surface area (Å²) in [6, 6.07) is 16.2. The highest BCUT2D eigenvalue weighted by molar-refractivity contribution is 6.06. The van der Waals surface area contributed by atoms with Gasteiger partial charge in [0.15, 0.2) is 0 Å². The first kappa shape index (κ1) is 22.5. The zero-order chi connectivity index (χ0) is 23.3. The summed E-state index contributed by atoms with van der Waals surface area (Å²) in [7, 11) is 0. The summed E-state index contributed by atoms with van der Waals surface area (Å²) in [5.74, 6) is -0.312. The predicted octanol–water partition coefficient (Wildman–Crippen LogP) is 5.98. The molecule has 3 heterocycles. The van der Waals surface area contributed by atoms with Gasteiger partial charge in [0.05, 0.1) is 11.3 Å². The Hall–Kier alpha value is -3.31. The van der Waals surface area contributed by atoms with Gasteiger partial charge in [-0.05, 0) is 105 Å². The van der Waals surface area contributed by atoms with Crippen molar-refractivity contribution in [3.8, 4) is 11.3 Å². The molecular formula is C29H30FN3O. The standard InChI is InChI=1S/C29H30FN3O/c30-26-12-9-23(10-13-26)27-14-11-25(21-31-27)29(34)33-19-5-7-24-20-22(8-15-28(24)33)6-1-2-16-32-17-3-4-18-32/h1,6,8-15,20-21H,2-5,7,16-19H2/b6-1+. The van der Waals surface area contributed by atoms with Gasteiger partial charge in [-0.2, -0.15) is 0 Å². The Balaban J connectivity index is 1.27. The third-order valence-electron chi connectivity index (χ3n) is 6.74. The third-order valence-corrected chi connectivity index (χ3v) is 6.74. The number of amides is 1. The lowest BCUT2D eigenvalue weighted by molar-refractivity contribution is 0.0985. The van der Waals surface area contributed by atoms with Crippen LogP contribution in [0.3, 0.4) is 0 Å². The maximum Gasteiger partial charge on any atom is 0.259 e. The number of aromatic nitrogens is 1. The van der Waals surface area contributed by atoms with Gasteiger partial charge in [0.2, 0.25) is 0 Å². The van der Waals surface area contributed by atoms with Crippen LogP contribution in [0.4, 0.5) is 10.1 Å². The van der Waals surface area contributed by atoms with Gasteiger partial charge < -0.3 is 9.80 Å². The van der Waals surface area contributed by atoms with E-state index < -0.39 is 0 Å². The van der Waals surface area contributed by atoms with Crippen LogP contribution in [0.1, 0.15) is 47.2 Å². The van der Waals surface area contributed by atoms with Crippen molar-refractivity contribution in [3.63, 3.8) is 0 Å². The van der Waals surface area contributed by atoms with Crippen molar-refractivity contribution in [1.29, 1.82) is 0 Å². The Morgan fingerprint density at radius 1 is 0.971 bits per heavy atom. The van der Waals surface area contributed by atoms with Gasteiger partial charge >= 0.3 is 0 Å². The van der Waals surface area contributed by atoms with Crippen LogP contribution >= 0.6 is 0 Å². The monoisotopic (exact) mass is 455 g/mol. The number of aryl methyl sites for hydroxylation is 1. The molecular weight excluding hydrogens is 425 g/mol. The quantitative estimate of drug-likeness (QED) is 0.459. The van der Waals surface area contributed by atoms with E-state index in [1.807, 2.05) is 11.0 Å². The number of pyridine rings is 1. The molecule has 0 atom stereocenters.